The summed E-state index contributed by atoms with van der Waals surface area (Å²) in [6.45, 7) is 8.65. The third-order valence-corrected chi connectivity index (χ3v) is 6.72. The Bertz CT molecular complexity index is 1000. The van der Waals surface area contributed by atoms with Gasteiger partial charge in [-0.05, 0) is 73.5 Å². The first-order valence-corrected chi connectivity index (χ1v) is 11.6. The van der Waals surface area contributed by atoms with Gasteiger partial charge in [0.05, 0.1) is 9.79 Å². The van der Waals surface area contributed by atoms with Crippen LogP contribution in [0.25, 0.3) is 0 Å². The van der Waals surface area contributed by atoms with Crippen LogP contribution < -0.4 is 4.74 Å². The molecule has 0 aliphatic carbocycles. The number of sulfone groups is 1. The van der Waals surface area contributed by atoms with Crippen LogP contribution in [0.4, 0.5) is 0 Å². The Balaban J connectivity index is 0.000000469. The molecule has 0 bridgehead atoms. The van der Waals surface area contributed by atoms with Gasteiger partial charge in [0.25, 0.3) is 0 Å². The van der Waals surface area contributed by atoms with Crippen molar-refractivity contribution >= 4 is 9.84 Å². The standard InChI is InChI=1S/C19H16O4S.C6H14/c1-14-2-10-18(11-3-14)24(21,22)19-12-8-17(9-13-19)23-16-6-4-15(20)5-7-16;1-4-6(3)5-2/h2-13,20H,1H3;6H,4-5H2,1-3H3. The van der Waals surface area contributed by atoms with Crippen molar-refractivity contribution < 1.29 is 18.3 Å². The molecule has 4 nitrogen and oxygen atoms in total. The molecular formula is C25H30O4S. The highest BCUT2D eigenvalue weighted by atomic mass is 32.2. The average Bonchev–Trinajstić information content (AvgIpc) is 2.76. The lowest BCUT2D eigenvalue weighted by molar-refractivity contribution is 0.464. The summed E-state index contributed by atoms with van der Waals surface area (Å²) in [6, 6.07) is 19.3. The molecule has 0 heterocycles. The van der Waals surface area contributed by atoms with Crippen LogP contribution in [-0.4, -0.2) is 13.5 Å². The summed E-state index contributed by atoms with van der Waals surface area (Å²) in [7, 11) is -3.54. The molecule has 0 aromatic heterocycles. The minimum atomic E-state index is -3.54. The van der Waals surface area contributed by atoms with E-state index in [0.29, 0.717) is 11.5 Å². The van der Waals surface area contributed by atoms with E-state index in [2.05, 4.69) is 20.8 Å². The SMILES string of the molecule is CCC(C)CC.Cc1ccc(S(=O)(=O)c2ccc(Oc3ccc(O)cc3)cc2)cc1. The monoisotopic (exact) mass is 426 g/mol. The van der Waals surface area contributed by atoms with Crippen molar-refractivity contribution in [2.75, 3.05) is 0 Å². The van der Waals surface area contributed by atoms with Crippen LogP contribution >= 0.6 is 0 Å². The minimum absolute atomic E-state index is 0.155. The number of rotatable bonds is 6. The van der Waals surface area contributed by atoms with E-state index in [9.17, 15) is 13.5 Å². The van der Waals surface area contributed by atoms with Gasteiger partial charge in [-0.2, -0.15) is 0 Å². The quantitative estimate of drug-likeness (QED) is 0.472. The van der Waals surface area contributed by atoms with Gasteiger partial charge in [0.2, 0.25) is 9.84 Å². The smallest absolute Gasteiger partial charge is 0.206 e. The van der Waals surface area contributed by atoms with E-state index in [1.807, 2.05) is 6.92 Å². The third-order valence-electron chi connectivity index (χ3n) is 4.93. The number of hydrogen-bond acceptors (Lipinski definition) is 4. The van der Waals surface area contributed by atoms with Gasteiger partial charge in [0, 0.05) is 0 Å². The van der Waals surface area contributed by atoms with Crippen LogP contribution in [0.5, 0.6) is 17.2 Å². The largest absolute Gasteiger partial charge is 0.508 e. The molecule has 0 atom stereocenters. The van der Waals surface area contributed by atoms with Gasteiger partial charge in [0.1, 0.15) is 17.2 Å². The molecule has 0 radical (unpaired) electrons. The molecule has 0 saturated heterocycles. The van der Waals surface area contributed by atoms with Crippen molar-refractivity contribution in [2.45, 2.75) is 50.3 Å². The molecule has 0 fully saturated rings. The summed E-state index contributed by atoms with van der Waals surface area (Å²) in [6.07, 6.45) is 2.66. The molecule has 0 unspecified atom stereocenters. The number of aryl methyl sites for hydroxylation is 1. The Hall–Kier alpha value is -2.79. The number of benzene rings is 3. The van der Waals surface area contributed by atoms with Crippen LogP contribution in [0.3, 0.4) is 0 Å². The first-order valence-electron chi connectivity index (χ1n) is 10.1. The molecule has 5 heteroatoms. The fourth-order valence-electron chi connectivity index (χ4n) is 2.48. The summed E-state index contributed by atoms with van der Waals surface area (Å²) >= 11 is 0. The van der Waals surface area contributed by atoms with Gasteiger partial charge in [-0.1, -0.05) is 51.3 Å². The van der Waals surface area contributed by atoms with Crippen molar-refractivity contribution in [3.8, 4) is 17.2 Å². The molecule has 1 N–H and O–H groups in total. The first-order chi connectivity index (χ1) is 14.3. The Morgan fingerprint density at radius 3 is 1.57 bits per heavy atom. The van der Waals surface area contributed by atoms with Crippen molar-refractivity contribution in [1.82, 2.24) is 0 Å². The van der Waals surface area contributed by atoms with Crippen molar-refractivity contribution in [2.24, 2.45) is 5.92 Å². The predicted octanol–water partition coefficient (Wildman–Crippen LogP) is 6.77. The molecule has 30 heavy (non-hydrogen) atoms. The Morgan fingerprint density at radius 2 is 1.17 bits per heavy atom. The van der Waals surface area contributed by atoms with Gasteiger partial charge in [0.15, 0.2) is 0 Å². The van der Waals surface area contributed by atoms with Crippen LogP contribution in [0.15, 0.2) is 82.6 Å². The zero-order chi connectivity index (χ0) is 22.1. The van der Waals surface area contributed by atoms with Gasteiger partial charge in [-0.15, -0.1) is 0 Å². The fraction of sp³-hybridized carbons (Fsp3) is 0.280. The lowest BCUT2D eigenvalue weighted by Gasteiger charge is -2.08. The number of phenols is 1. The zero-order valence-electron chi connectivity index (χ0n) is 18.0. The molecular weight excluding hydrogens is 396 g/mol. The number of hydrogen-bond donors (Lipinski definition) is 1. The predicted molar refractivity (Wildman–Crippen MR) is 121 cm³/mol. The molecule has 3 aromatic rings. The van der Waals surface area contributed by atoms with Crippen molar-refractivity contribution in [3.05, 3.63) is 78.4 Å². The second-order valence-electron chi connectivity index (χ2n) is 7.31. The third kappa shape index (κ3) is 6.63. The van der Waals surface area contributed by atoms with E-state index >= 15 is 0 Å². The maximum atomic E-state index is 12.6. The molecule has 0 amide bonds. The minimum Gasteiger partial charge on any atom is -0.508 e. The Morgan fingerprint density at radius 1 is 0.767 bits per heavy atom. The van der Waals surface area contributed by atoms with E-state index in [4.69, 9.17) is 4.74 Å². The number of phenolic OH excluding ortho intramolecular Hbond substituents is 1. The van der Waals surface area contributed by atoms with Gasteiger partial charge < -0.3 is 9.84 Å². The van der Waals surface area contributed by atoms with Crippen LogP contribution in [0, 0.1) is 12.8 Å². The average molecular weight is 427 g/mol. The molecule has 3 rings (SSSR count). The topological polar surface area (TPSA) is 63.6 Å². The number of ether oxygens (including phenoxy) is 1. The molecule has 0 saturated carbocycles. The fourth-order valence-corrected chi connectivity index (χ4v) is 3.74. The summed E-state index contributed by atoms with van der Waals surface area (Å²) in [5, 5.41) is 9.25. The van der Waals surface area contributed by atoms with Crippen molar-refractivity contribution in [1.29, 1.82) is 0 Å². The Labute approximate surface area is 180 Å². The van der Waals surface area contributed by atoms with E-state index in [0.717, 1.165) is 11.5 Å². The van der Waals surface area contributed by atoms with E-state index in [1.54, 1.807) is 48.5 Å². The maximum Gasteiger partial charge on any atom is 0.206 e. The Kier molecular flexibility index (Phi) is 8.48. The summed E-state index contributed by atoms with van der Waals surface area (Å²) in [5.74, 6) is 2.16. The van der Waals surface area contributed by atoms with Crippen LogP contribution in [0.1, 0.15) is 39.2 Å². The van der Waals surface area contributed by atoms with Crippen LogP contribution in [0.2, 0.25) is 0 Å². The first kappa shape index (κ1) is 23.5. The molecule has 0 aliphatic rings. The van der Waals surface area contributed by atoms with E-state index in [1.165, 1.54) is 37.1 Å². The second-order valence-corrected chi connectivity index (χ2v) is 9.26. The molecule has 3 aromatic carbocycles. The highest BCUT2D eigenvalue weighted by molar-refractivity contribution is 7.91. The summed E-state index contributed by atoms with van der Waals surface area (Å²) in [5.41, 5.74) is 1.01. The number of aromatic hydroxyl groups is 1. The zero-order valence-corrected chi connectivity index (χ0v) is 18.8. The maximum absolute atomic E-state index is 12.6. The van der Waals surface area contributed by atoms with E-state index in [-0.39, 0.29) is 15.5 Å². The highest BCUT2D eigenvalue weighted by Gasteiger charge is 2.17. The normalized spacial score (nSPS) is 11.0. The highest BCUT2D eigenvalue weighted by Crippen LogP contribution is 2.27. The van der Waals surface area contributed by atoms with Gasteiger partial charge in [-0.25, -0.2) is 8.42 Å². The van der Waals surface area contributed by atoms with Gasteiger partial charge in [-0.3, -0.25) is 0 Å². The van der Waals surface area contributed by atoms with Crippen LogP contribution in [-0.2, 0) is 9.84 Å². The lowest BCUT2D eigenvalue weighted by atomic mass is 10.1. The molecule has 0 aliphatic heterocycles. The van der Waals surface area contributed by atoms with Crippen molar-refractivity contribution in [3.63, 3.8) is 0 Å². The van der Waals surface area contributed by atoms with Gasteiger partial charge >= 0.3 is 0 Å². The summed E-state index contributed by atoms with van der Waals surface area (Å²) in [4.78, 5) is 0.477. The molecule has 0 spiro atoms. The second kappa shape index (κ2) is 10.8. The summed E-state index contributed by atoms with van der Waals surface area (Å²) < 4.78 is 30.8. The van der Waals surface area contributed by atoms with E-state index < -0.39 is 9.84 Å². The lowest BCUT2D eigenvalue weighted by Crippen LogP contribution is -2.01. The molecule has 160 valence electrons.